The monoisotopic (exact) mass is 426 g/mol. The number of rotatable bonds is 11. The van der Waals surface area contributed by atoms with Crippen molar-refractivity contribution in [1.82, 2.24) is 20.6 Å². The molecule has 0 amide bonds. The maximum absolute atomic E-state index is 5.47. The first-order chi connectivity index (χ1) is 15.8. The Balaban J connectivity index is 1.52. The predicted molar refractivity (Wildman–Crippen MR) is 134 cm³/mol. The Morgan fingerprint density at radius 2 is 1.16 bits per heavy atom. The van der Waals surface area contributed by atoms with Crippen molar-refractivity contribution in [3.8, 4) is 22.5 Å². The van der Waals surface area contributed by atoms with Crippen LogP contribution in [0.4, 0.5) is 5.69 Å². The van der Waals surface area contributed by atoms with E-state index in [1.54, 1.807) is 0 Å². The Labute approximate surface area is 189 Å². The maximum Gasteiger partial charge on any atom is 0.0973 e. The summed E-state index contributed by atoms with van der Waals surface area (Å²) in [6.07, 6.45) is 0. The summed E-state index contributed by atoms with van der Waals surface area (Å²) >= 11 is 0. The second kappa shape index (κ2) is 11.3. The Morgan fingerprint density at radius 3 is 1.78 bits per heavy atom. The van der Waals surface area contributed by atoms with Crippen LogP contribution in [0.3, 0.4) is 0 Å². The normalized spacial score (nSPS) is 11.0. The molecule has 0 spiro atoms. The summed E-state index contributed by atoms with van der Waals surface area (Å²) in [5.41, 5.74) is 12.2. The summed E-state index contributed by atoms with van der Waals surface area (Å²) in [6, 6.07) is 26.7. The van der Waals surface area contributed by atoms with Gasteiger partial charge in [0.2, 0.25) is 0 Å². The minimum absolute atomic E-state index is 0.672. The zero-order valence-electron chi connectivity index (χ0n) is 18.2. The molecule has 5 N–H and O–H groups in total. The molecule has 4 aromatic rings. The molecule has 0 bridgehead atoms. The Morgan fingerprint density at radius 1 is 0.594 bits per heavy atom. The van der Waals surface area contributed by atoms with E-state index in [1.165, 1.54) is 0 Å². The average Bonchev–Trinajstić information content (AvgIpc) is 2.86. The van der Waals surface area contributed by atoms with Crippen molar-refractivity contribution >= 4 is 16.7 Å². The van der Waals surface area contributed by atoms with Gasteiger partial charge in [-0.1, -0.05) is 60.7 Å². The topological polar surface area (TPSA) is 87.9 Å². The van der Waals surface area contributed by atoms with Crippen molar-refractivity contribution in [2.24, 2.45) is 5.73 Å². The molecule has 164 valence electrons. The minimum Gasteiger partial charge on any atom is -0.384 e. The molecule has 32 heavy (non-hydrogen) atoms. The molecule has 0 atom stereocenters. The Hall–Kier alpha value is -3.32. The number of nitrogens with one attached hydrogen (secondary N) is 3. The third kappa shape index (κ3) is 5.68. The van der Waals surface area contributed by atoms with Crippen molar-refractivity contribution in [3.05, 3.63) is 78.9 Å². The standard InChI is InChI=1S/C26H30N6/c27-13-14-28-15-16-29-17-18-30-22-11-12-23-24(19-22)32-26(21-9-5-2-6-10-21)25(31-23)20-7-3-1-4-8-20/h1-12,19,28-30H,13-18,27H2. The fraction of sp³-hybridized carbons (Fsp3) is 0.231. The molecule has 1 heterocycles. The van der Waals surface area contributed by atoms with Crippen molar-refractivity contribution in [2.45, 2.75) is 0 Å². The lowest BCUT2D eigenvalue weighted by atomic mass is 10.0. The molecule has 0 unspecified atom stereocenters. The first-order valence-electron chi connectivity index (χ1n) is 11.1. The number of nitrogens with zero attached hydrogens (tertiary/aromatic N) is 2. The van der Waals surface area contributed by atoms with Crippen LogP contribution in [-0.2, 0) is 0 Å². The summed E-state index contributed by atoms with van der Waals surface area (Å²) in [4.78, 5) is 10.0. The van der Waals surface area contributed by atoms with E-state index < -0.39 is 0 Å². The summed E-state index contributed by atoms with van der Waals surface area (Å²) in [5, 5.41) is 10.2. The number of anilines is 1. The van der Waals surface area contributed by atoms with Crippen LogP contribution in [-0.4, -0.2) is 49.2 Å². The molecule has 0 saturated carbocycles. The van der Waals surface area contributed by atoms with Gasteiger partial charge in [-0.2, -0.15) is 0 Å². The molecule has 1 aromatic heterocycles. The minimum atomic E-state index is 0.672. The van der Waals surface area contributed by atoms with Crippen LogP contribution in [0.5, 0.6) is 0 Å². The van der Waals surface area contributed by atoms with E-state index in [-0.39, 0.29) is 0 Å². The average molecular weight is 427 g/mol. The number of hydrogen-bond acceptors (Lipinski definition) is 6. The van der Waals surface area contributed by atoms with Gasteiger partial charge in [0.1, 0.15) is 0 Å². The number of aromatic nitrogens is 2. The highest BCUT2D eigenvalue weighted by Gasteiger charge is 2.13. The van der Waals surface area contributed by atoms with E-state index in [0.717, 1.165) is 72.0 Å². The van der Waals surface area contributed by atoms with E-state index in [4.69, 9.17) is 15.7 Å². The van der Waals surface area contributed by atoms with Gasteiger partial charge >= 0.3 is 0 Å². The van der Waals surface area contributed by atoms with Gasteiger partial charge in [-0.25, -0.2) is 9.97 Å². The van der Waals surface area contributed by atoms with E-state index in [0.29, 0.717) is 6.54 Å². The number of nitrogens with two attached hydrogens (primary N) is 1. The van der Waals surface area contributed by atoms with Gasteiger partial charge < -0.3 is 21.7 Å². The molecule has 0 fully saturated rings. The highest BCUT2D eigenvalue weighted by atomic mass is 15.0. The number of hydrogen-bond donors (Lipinski definition) is 4. The molecule has 3 aromatic carbocycles. The van der Waals surface area contributed by atoms with Crippen LogP contribution in [0.2, 0.25) is 0 Å². The highest BCUT2D eigenvalue weighted by molar-refractivity contribution is 5.87. The maximum atomic E-state index is 5.47. The van der Waals surface area contributed by atoms with Gasteiger partial charge in [-0.15, -0.1) is 0 Å². The van der Waals surface area contributed by atoms with E-state index >= 15 is 0 Å². The van der Waals surface area contributed by atoms with Gasteiger partial charge in [-0.05, 0) is 18.2 Å². The Bertz CT molecular complexity index is 1120. The van der Waals surface area contributed by atoms with Crippen LogP contribution >= 0.6 is 0 Å². The molecule has 0 saturated heterocycles. The van der Waals surface area contributed by atoms with Crippen LogP contribution in [0, 0.1) is 0 Å². The van der Waals surface area contributed by atoms with Crippen LogP contribution < -0.4 is 21.7 Å². The quantitative estimate of drug-likeness (QED) is 0.275. The second-order valence-corrected chi connectivity index (χ2v) is 7.57. The SMILES string of the molecule is NCCNCCNCCNc1ccc2nc(-c3ccccc3)c(-c3ccccc3)nc2c1. The van der Waals surface area contributed by atoms with E-state index in [1.807, 2.05) is 42.5 Å². The van der Waals surface area contributed by atoms with Crippen LogP contribution in [0.1, 0.15) is 0 Å². The van der Waals surface area contributed by atoms with Gasteiger partial charge in [0, 0.05) is 56.1 Å². The summed E-state index contributed by atoms with van der Waals surface area (Å²) in [7, 11) is 0. The fourth-order valence-electron chi connectivity index (χ4n) is 3.58. The lowest BCUT2D eigenvalue weighted by molar-refractivity contribution is 0.622. The van der Waals surface area contributed by atoms with E-state index in [2.05, 4.69) is 52.3 Å². The molecular weight excluding hydrogens is 396 g/mol. The molecule has 6 nitrogen and oxygen atoms in total. The summed E-state index contributed by atoms with van der Waals surface area (Å²) < 4.78 is 0. The lowest BCUT2D eigenvalue weighted by Crippen LogP contribution is -2.32. The van der Waals surface area contributed by atoms with Gasteiger partial charge in [-0.3, -0.25) is 0 Å². The molecule has 0 aliphatic carbocycles. The van der Waals surface area contributed by atoms with Crippen molar-refractivity contribution in [3.63, 3.8) is 0 Å². The lowest BCUT2D eigenvalue weighted by Gasteiger charge is -2.12. The zero-order chi connectivity index (χ0) is 22.0. The highest BCUT2D eigenvalue weighted by Crippen LogP contribution is 2.31. The third-order valence-electron chi connectivity index (χ3n) is 5.19. The first kappa shape index (κ1) is 21.9. The van der Waals surface area contributed by atoms with Gasteiger partial charge in [0.05, 0.1) is 22.4 Å². The molecule has 4 rings (SSSR count). The fourth-order valence-corrected chi connectivity index (χ4v) is 3.58. The molecule has 0 aliphatic heterocycles. The van der Waals surface area contributed by atoms with Crippen molar-refractivity contribution in [2.75, 3.05) is 44.6 Å². The van der Waals surface area contributed by atoms with Crippen LogP contribution in [0.25, 0.3) is 33.5 Å². The third-order valence-corrected chi connectivity index (χ3v) is 5.19. The first-order valence-corrected chi connectivity index (χ1v) is 11.1. The van der Waals surface area contributed by atoms with Crippen molar-refractivity contribution < 1.29 is 0 Å². The Kier molecular flexibility index (Phi) is 7.76. The van der Waals surface area contributed by atoms with Crippen LogP contribution in [0.15, 0.2) is 78.9 Å². The predicted octanol–water partition coefficient (Wildman–Crippen LogP) is 3.51. The summed E-state index contributed by atoms with van der Waals surface area (Å²) in [5.74, 6) is 0. The van der Waals surface area contributed by atoms with E-state index in [9.17, 15) is 0 Å². The molecule has 0 radical (unpaired) electrons. The van der Waals surface area contributed by atoms with Crippen molar-refractivity contribution in [1.29, 1.82) is 0 Å². The zero-order valence-corrected chi connectivity index (χ0v) is 18.2. The molecular formula is C26H30N6. The summed E-state index contributed by atoms with van der Waals surface area (Å²) in [6.45, 7) is 5.10. The van der Waals surface area contributed by atoms with Gasteiger partial charge in [0.25, 0.3) is 0 Å². The smallest absolute Gasteiger partial charge is 0.0973 e. The molecule has 6 heteroatoms. The number of benzene rings is 3. The second-order valence-electron chi connectivity index (χ2n) is 7.57. The largest absolute Gasteiger partial charge is 0.384 e. The van der Waals surface area contributed by atoms with Gasteiger partial charge in [0.15, 0.2) is 0 Å². The number of fused-ring (bicyclic) bond motifs is 1. The molecule has 0 aliphatic rings.